The van der Waals surface area contributed by atoms with Gasteiger partial charge in [0, 0.05) is 19.3 Å². The molecule has 4 rings (SSSR count). The maximum absolute atomic E-state index is 6.18. The number of anilines is 1. The second-order valence-electron chi connectivity index (χ2n) is 4.95. The van der Waals surface area contributed by atoms with Gasteiger partial charge in [0.05, 0.1) is 11.2 Å². The molecule has 22 heavy (non-hydrogen) atoms. The molecule has 1 saturated heterocycles. The molecule has 0 saturated carbocycles. The molecule has 0 bridgehead atoms. The Morgan fingerprint density at radius 3 is 2.86 bits per heavy atom. The van der Waals surface area contributed by atoms with E-state index >= 15 is 0 Å². The highest BCUT2D eigenvalue weighted by atomic mass is 35.5. The molecule has 1 aliphatic rings. The minimum Gasteiger partial charge on any atom is -0.341 e. The topological polar surface area (TPSA) is 96.6 Å². The lowest BCUT2D eigenvalue weighted by molar-refractivity contribution is 0.430. The van der Waals surface area contributed by atoms with Crippen LogP contribution in [-0.4, -0.2) is 43.4 Å². The third-order valence-corrected chi connectivity index (χ3v) is 3.77. The van der Waals surface area contributed by atoms with Crippen molar-refractivity contribution in [2.24, 2.45) is 0 Å². The summed E-state index contributed by atoms with van der Waals surface area (Å²) < 4.78 is 5.27. The number of nitrogens with one attached hydrogen (secondary N) is 1. The Bertz CT molecular complexity index is 780. The summed E-state index contributed by atoms with van der Waals surface area (Å²) in [6.07, 6.45) is 5.48. The minimum absolute atomic E-state index is 0.262. The fraction of sp³-hybridized carbons (Fsp3) is 0.308. The first-order valence-corrected chi connectivity index (χ1v) is 7.30. The van der Waals surface area contributed by atoms with Crippen molar-refractivity contribution in [1.29, 1.82) is 0 Å². The first-order chi connectivity index (χ1) is 10.8. The number of hydrogen-bond acceptors (Lipinski definition) is 7. The van der Waals surface area contributed by atoms with Gasteiger partial charge < -0.3 is 9.42 Å². The molecule has 0 unspecified atom stereocenters. The zero-order valence-electron chi connectivity index (χ0n) is 11.5. The van der Waals surface area contributed by atoms with Crippen molar-refractivity contribution in [2.75, 3.05) is 18.0 Å². The van der Waals surface area contributed by atoms with Crippen molar-refractivity contribution >= 4 is 17.5 Å². The largest absolute Gasteiger partial charge is 0.341 e. The molecule has 0 atom stereocenters. The molecule has 0 spiro atoms. The molecule has 1 fully saturated rings. The van der Waals surface area contributed by atoms with E-state index in [1.807, 2.05) is 0 Å². The molecule has 1 N–H and O–H groups in total. The molecule has 3 aromatic rings. The molecule has 9 heteroatoms. The van der Waals surface area contributed by atoms with Crippen molar-refractivity contribution < 1.29 is 4.52 Å². The highest BCUT2D eigenvalue weighted by Crippen LogP contribution is 2.28. The lowest BCUT2D eigenvalue weighted by atomic mass is 10.4. The number of aromatic amines is 1. The number of aromatic nitrogens is 6. The van der Waals surface area contributed by atoms with E-state index in [4.69, 9.17) is 16.1 Å². The number of rotatable bonds is 3. The second-order valence-corrected chi connectivity index (χ2v) is 5.36. The average Bonchev–Trinajstić information content (AvgIpc) is 3.28. The SMILES string of the molecule is Clc1cnc(N2CCCC2)nc1-c1nc(-c2ccn[nH]2)no1. The molecule has 3 aromatic heterocycles. The Morgan fingerprint density at radius 1 is 1.23 bits per heavy atom. The van der Waals surface area contributed by atoms with Gasteiger partial charge in [0.15, 0.2) is 5.69 Å². The van der Waals surface area contributed by atoms with Gasteiger partial charge in [-0.3, -0.25) is 5.10 Å². The van der Waals surface area contributed by atoms with Gasteiger partial charge in [0.25, 0.3) is 5.89 Å². The third kappa shape index (κ3) is 2.31. The number of halogens is 1. The number of nitrogens with zero attached hydrogens (tertiary/aromatic N) is 6. The Balaban J connectivity index is 1.71. The minimum atomic E-state index is 0.262. The summed E-state index contributed by atoms with van der Waals surface area (Å²) in [7, 11) is 0. The fourth-order valence-electron chi connectivity index (χ4n) is 2.39. The molecule has 0 aliphatic carbocycles. The van der Waals surface area contributed by atoms with Crippen molar-refractivity contribution in [3.63, 3.8) is 0 Å². The quantitative estimate of drug-likeness (QED) is 0.790. The highest BCUT2D eigenvalue weighted by Gasteiger charge is 2.20. The van der Waals surface area contributed by atoms with Crippen molar-refractivity contribution in [3.05, 3.63) is 23.5 Å². The van der Waals surface area contributed by atoms with E-state index in [1.165, 1.54) is 0 Å². The summed E-state index contributed by atoms with van der Waals surface area (Å²) in [5.74, 6) is 1.31. The van der Waals surface area contributed by atoms with Crippen LogP contribution in [0.1, 0.15) is 12.8 Å². The summed E-state index contributed by atoms with van der Waals surface area (Å²) >= 11 is 6.18. The first-order valence-electron chi connectivity index (χ1n) is 6.92. The number of H-pyrrole nitrogens is 1. The standard InChI is InChI=1S/C13H12ClN7O/c14-8-7-15-13(21-5-1-2-6-21)17-10(8)12-18-11(20-22-12)9-3-4-16-19-9/h3-4,7H,1-2,5-6H2,(H,16,19). The molecule has 1 aliphatic heterocycles. The van der Waals surface area contributed by atoms with E-state index in [0.29, 0.717) is 28.2 Å². The summed E-state index contributed by atoms with van der Waals surface area (Å²) in [6, 6.07) is 1.76. The predicted molar refractivity (Wildman–Crippen MR) is 79.4 cm³/mol. The van der Waals surface area contributed by atoms with Crippen LogP contribution in [0, 0.1) is 0 Å². The van der Waals surface area contributed by atoms with Gasteiger partial charge in [-0.05, 0) is 18.9 Å². The maximum Gasteiger partial charge on any atom is 0.278 e. The van der Waals surface area contributed by atoms with Crippen molar-refractivity contribution in [1.82, 2.24) is 30.3 Å². The molecular formula is C13H12ClN7O. The van der Waals surface area contributed by atoms with Gasteiger partial charge in [-0.15, -0.1) is 0 Å². The zero-order chi connectivity index (χ0) is 14.9. The zero-order valence-corrected chi connectivity index (χ0v) is 12.3. The van der Waals surface area contributed by atoms with Gasteiger partial charge in [-0.1, -0.05) is 16.8 Å². The Labute approximate surface area is 130 Å². The molecule has 4 heterocycles. The van der Waals surface area contributed by atoms with Crippen LogP contribution < -0.4 is 4.90 Å². The average molecular weight is 318 g/mol. The van der Waals surface area contributed by atoms with Crippen LogP contribution in [0.15, 0.2) is 23.0 Å². The van der Waals surface area contributed by atoms with Gasteiger partial charge in [0.1, 0.15) is 5.69 Å². The van der Waals surface area contributed by atoms with Crippen LogP contribution in [0.5, 0.6) is 0 Å². The lowest BCUT2D eigenvalue weighted by Gasteiger charge is -2.15. The number of hydrogen-bond donors (Lipinski definition) is 1. The Hall–Kier alpha value is -2.48. The van der Waals surface area contributed by atoms with Gasteiger partial charge in [-0.25, -0.2) is 9.97 Å². The Morgan fingerprint density at radius 2 is 2.09 bits per heavy atom. The van der Waals surface area contributed by atoms with Gasteiger partial charge in [0.2, 0.25) is 11.8 Å². The third-order valence-electron chi connectivity index (χ3n) is 3.49. The molecular weight excluding hydrogens is 306 g/mol. The molecule has 112 valence electrons. The van der Waals surface area contributed by atoms with Crippen molar-refractivity contribution in [2.45, 2.75) is 12.8 Å². The molecule has 0 radical (unpaired) electrons. The molecule has 8 nitrogen and oxygen atoms in total. The van der Waals surface area contributed by atoms with E-state index < -0.39 is 0 Å². The molecule has 0 amide bonds. The summed E-state index contributed by atoms with van der Waals surface area (Å²) in [6.45, 7) is 1.90. The van der Waals surface area contributed by atoms with E-state index in [0.717, 1.165) is 25.9 Å². The highest BCUT2D eigenvalue weighted by molar-refractivity contribution is 6.32. The Kier molecular flexibility index (Phi) is 3.23. The molecule has 0 aromatic carbocycles. The van der Waals surface area contributed by atoms with Crippen LogP contribution in [0.3, 0.4) is 0 Å². The van der Waals surface area contributed by atoms with E-state index in [9.17, 15) is 0 Å². The first kappa shape index (κ1) is 13.2. The van der Waals surface area contributed by atoms with Crippen LogP contribution in [0.25, 0.3) is 23.1 Å². The van der Waals surface area contributed by atoms with Crippen LogP contribution in [0.4, 0.5) is 5.95 Å². The maximum atomic E-state index is 6.18. The van der Waals surface area contributed by atoms with Crippen LogP contribution in [-0.2, 0) is 0 Å². The van der Waals surface area contributed by atoms with Gasteiger partial charge >= 0.3 is 0 Å². The normalized spacial score (nSPS) is 14.7. The predicted octanol–water partition coefficient (Wildman–Crippen LogP) is 2.17. The van der Waals surface area contributed by atoms with E-state index in [2.05, 4.69) is 35.2 Å². The summed E-state index contributed by atoms with van der Waals surface area (Å²) in [5, 5.41) is 10.9. The second kappa shape index (κ2) is 5.38. The van der Waals surface area contributed by atoms with E-state index in [1.54, 1.807) is 18.5 Å². The van der Waals surface area contributed by atoms with Crippen LogP contribution >= 0.6 is 11.6 Å². The van der Waals surface area contributed by atoms with E-state index in [-0.39, 0.29) is 5.89 Å². The lowest BCUT2D eigenvalue weighted by Crippen LogP contribution is -2.20. The van der Waals surface area contributed by atoms with Crippen molar-refractivity contribution in [3.8, 4) is 23.1 Å². The van der Waals surface area contributed by atoms with Crippen LogP contribution in [0.2, 0.25) is 5.02 Å². The summed E-state index contributed by atoms with van der Waals surface area (Å²) in [5.41, 5.74) is 1.11. The summed E-state index contributed by atoms with van der Waals surface area (Å²) in [4.78, 5) is 15.2. The van der Waals surface area contributed by atoms with Gasteiger partial charge in [-0.2, -0.15) is 10.1 Å². The smallest absolute Gasteiger partial charge is 0.278 e. The monoisotopic (exact) mass is 317 g/mol. The fourth-order valence-corrected chi connectivity index (χ4v) is 2.56.